The molecule has 0 amide bonds. The number of hydrogen-bond acceptors (Lipinski definition) is 3. The second-order valence-electron chi connectivity index (χ2n) is 3.16. The van der Waals surface area contributed by atoms with E-state index in [1.807, 2.05) is 0 Å². The average Bonchev–Trinajstić information content (AvgIpc) is 2.10. The summed E-state index contributed by atoms with van der Waals surface area (Å²) in [5.41, 5.74) is 0. The highest BCUT2D eigenvalue weighted by Gasteiger charge is 2.75. The number of sulfonamides is 1. The van der Waals surface area contributed by atoms with Crippen LogP contribution in [-0.4, -0.2) is 45.0 Å². The van der Waals surface area contributed by atoms with Gasteiger partial charge in [0.15, 0.2) is 0 Å². The number of ketones is 1. The third-order valence-electron chi connectivity index (χ3n) is 1.60. The molecule has 0 aromatic heterocycles. The molecule has 0 saturated heterocycles. The Morgan fingerprint density at radius 2 is 1.44 bits per heavy atom. The van der Waals surface area contributed by atoms with Gasteiger partial charge < -0.3 is 0 Å². The number of rotatable bonds is 5. The Balaban J connectivity index is 5.10. The lowest BCUT2D eigenvalue weighted by Crippen LogP contribution is -2.58. The molecular weight excluding hydrogens is 299 g/mol. The summed E-state index contributed by atoms with van der Waals surface area (Å²) in [6.07, 6.45) is -6.24. The molecule has 4 nitrogen and oxygen atoms in total. The molecule has 0 heterocycles. The fourth-order valence-electron chi connectivity index (χ4n) is 0.661. The van der Waals surface area contributed by atoms with Crippen molar-refractivity contribution in [1.82, 2.24) is 4.72 Å². The molecule has 0 radical (unpaired) electrons. The first-order chi connectivity index (χ1) is 7.63. The molecule has 0 aliphatic carbocycles. The largest absolute Gasteiger partial charge is 0.460 e. The number of Topliss-reactive ketones (excluding diaryl/α,β-unsaturated/α-hetero) is 1. The molecule has 0 rings (SSSR count). The number of alkyl halides is 7. The third-order valence-corrected chi connectivity index (χ3v) is 2.26. The van der Waals surface area contributed by atoms with Crippen molar-refractivity contribution < 1.29 is 43.9 Å². The van der Waals surface area contributed by atoms with E-state index in [4.69, 9.17) is 0 Å². The van der Waals surface area contributed by atoms with E-state index in [1.54, 1.807) is 0 Å². The first-order valence-corrected chi connectivity index (χ1v) is 5.82. The third kappa shape index (κ3) is 3.54. The number of carbonyl (C=O) groups is 1. The van der Waals surface area contributed by atoms with E-state index < -0.39 is 40.4 Å². The molecule has 0 aliphatic heterocycles. The molecule has 0 fully saturated rings. The molecule has 12 heteroatoms. The maximum atomic E-state index is 12.6. The Kier molecular flexibility index (Phi) is 4.41. The number of hydrogen-bond donors (Lipinski definition) is 1. The van der Waals surface area contributed by atoms with Gasteiger partial charge >= 0.3 is 18.0 Å². The van der Waals surface area contributed by atoms with Crippen LogP contribution in [0, 0.1) is 0 Å². The zero-order chi connectivity index (χ0) is 15.0. The number of halogens is 7. The van der Waals surface area contributed by atoms with E-state index in [1.165, 1.54) is 0 Å². The van der Waals surface area contributed by atoms with Crippen LogP contribution in [0.3, 0.4) is 0 Å². The van der Waals surface area contributed by atoms with Crippen LogP contribution in [0.15, 0.2) is 0 Å². The monoisotopic (exact) mass is 305 g/mol. The van der Waals surface area contributed by atoms with E-state index in [9.17, 15) is 43.9 Å². The molecular formula is C6H6F7NO3S. The minimum absolute atomic E-state index is 0.403. The molecule has 0 atom stereocenters. The van der Waals surface area contributed by atoms with Crippen molar-refractivity contribution in [3.8, 4) is 0 Å². The van der Waals surface area contributed by atoms with E-state index in [-0.39, 0.29) is 0 Å². The Hall–Kier alpha value is -0.910. The van der Waals surface area contributed by atoms with Gasteiger partial charge in [-0.05, 0) is 0 Å². The summed E-state index contributed by atoms with van der Waals surface area (Å²) in [6.45, 7) is -1.88. The van der Waals surface area contributed by atoms with Crippen LogP contribution in [0.2, 0.25) is 0 Å². The second kappa shape index (κ2) is 4.64. The van der Waals surface area contributed by atoms with Gasteiger partial charge in [0.05, 0.1) is 12.8 Å². The van der Waals surface area contributed by atoms with Crippen molar-refractivity contribution in [3.05, 3.63) is 0 Å². The van der Waals surface area contributed by atoms with Crippen LogP contribution in [0.5, 0.6) is 0 Å². The van der Waals surface area contributed by atoms with Crippen LogP contribution in [0.25, 0.3) is 0 Å². The molecule has 0 saturated carbocycles. The summed E-state index contributed by atoms with van der Waals surface area (Å²) in [4.78, 5) is 10.5. The molecule has 0 aliphatic rings. The van der Waals surface area contributed by atoms with Gasteiger partial charge in [0.1, 0.15) is 0 Å². The topological polar surface area (TPSA) is 63.2 Å². The normalized spacial score (nSPS) is 14.7. The van der Waals surface area contributed by atoms with Crippen molar-refractivity contribution in [2.45, 2.75) is 18.0 Å². The zero-order valence-electron chi connectivity index (χ0n) is 8.49. The highest BCUT2D eigenvalue weighted by molar-refractivity contribution is 7.88. The van der Waals surface area contributed by atoms with Crippen LogP contribution in [-0.2, 0) is 14.8 Å². The van der Waals surface area contributed by atoms with Crippen LogP contribution in [0.4, 0.5) is 30.7 Å². The van der Waals surface area contributed by atoms with Crippen LogP contribution >= 0.6 is 0 Å². The lowest BCUT2D eigenvalue weighted by Gasteiger charge is -2.26. The first-order valence-electron chi connectivity index (χ1n) is 3.93. The molecule has 1 N–H and O–H groups in total. The number of carbonyl (C=O) groups excluding carboxylic acids is 1. The first kappa shape index (κ1) is 17.1. The van der Waals surface area contributed by atoms with Gasteiger partial charge in [-0.2, -0.15) is 30.7 Å². The van der Waals surface area contributed by atoms with Crippen molar-refractivity contribution >= 4 is 15.8 Å². The summed E-state index contributed by atoms with van der Waals surface area (Å²) in [5.74, 6) is -15.5. The van der Waals surface area contributed by atoms with Gasteiger partial charge in [0, 0.05) is 0 Å². The summed E-state index contributed by atoms with van der Waals surface area (Å²) >= 11 is 0. The van der Waals surface area contributed by atoms with E-state index in [2.05, 4.69) is 0 Å². The highest BCUT2D eigenvalue weighted by Crippen LogP contribution is 2.46. The van der Waals surface area contributed by atoms with Crippen LogP contribution < -0.4 is 4.72 Å². The Morgan fingerprint density at radius 1 is 1.06 bits per heavy atom. The Bertz CT molecular complexity index is 427. The Morgan fingerprint density at radius 3 is 1.72 bits per heavy atom. The summed E-state index contributed by atoms with van der Waals surface area (Å²) in [5, 5.41) is 0. The fourth-order valence-corrected chi connectivity index (χ4v) is 1.05. The van der Waals surface area contributed by atoms with Gasteiger partial charge in [-0.1, -0.05) is 0 Å². The van der Waals surface area contributed by atoms with E-state index >= 15 is 0 Å². The molecule has 0 spiro atoms. The minimum atomic E-state index is -6.64. The predicted octanol–water partition coefficient (Wildman–Crippen LogP) is 0.938. The summed E-state index contributed by atoms with van der Waals surface area (Å²) in [6, 6.07) is 0. The zero-order valence-corrected chi connectivity index (χ0v) is 9.30. The van der Waals surface area contributed by atoms with Crippen molar-refractivity contribution in [3.63, 3.8) is 0 Å². The Labute approximate surface area is 96.2 Å². The molecule has 108 valence electrons. The lowest BCUT2D eigenvalue weighted by atomic mass is 10.1. The highest BCUT2D eigenvalue weighted by atomic mass is 32.2. The van der Waals surface area contributed by atoms with Gasteiger partial charge in [-0.25, -0.2) is 13.1 Å². The standard InChI is InChI=1S/C6H6F7NO3S/c1-18(16,17)14-2-3(15)4(7,8)5(9,10)6(11,12)13/h14H,2H2,1H3. The van der Waals surface area contributed by atoms with Gasteiger partial charge in [0.2, 0.25) is 15.8 Å². The fraction of sp³-hybridized carbons (Fsp3) is 0.833. The molecule has 18 heavy (non-hydrogen) atoms. The van der Waals surface area contributed by atoms with E-state index in [0.717, 1.165) is 4.72 Å². The molecule has 0 aromatic carbocycles. The maximum Gasteiger partial charge on any atom is 0.460 e. The van der Waals surface area contributed by atoms with Gasteiger partial charge in [-0.15, -0.1) is 0 Å². The number of nitrogens with one attached hydrogen (secondary N) is 1. The second-order valence-corrected chi connectivity index (χ2v) is 5.00. The molecule has 0 aromatic rings. The quantitative estimate of drug-likeness (QED) is 0.769. The smallest absolute Gasteiger partial charge is 0.291 e. The van der Waals surface area contributed by atoms with Crippen LogP contribution in [0.1, 0.15) is 0 Å². The lowest BCUT2D eigenvalue weighted by molar-refractivity contribution is -0.343. The summed E-state index contributed by atoms with van der Waals surface area (Å²) < 4.78 is 107. The molecule has 0 unspecified atom stereocenters. The van der Waals surface area contributed by atoms with Crippen molar-refractivity contribution in [2.75, 3.05) is 12.8 Å². The predicted molar refractivity (Wildman–Crippen MR) is 43.8 cm³/mol. The average molecular weight is 305 g/mol. The molecule has 0 bridgehead atoms. The SMILES string of the molecule is CS(=O)(=O)NCC(=O)C(F)(F)C(F)(F)C(F)(F)F. The van der Waals surface area contributed by atoms with Crippen molar-refractivity contribution in [1.29, 1.82) is 0 Å². The minimum Gasteiger partial charge on any atom is -0.291 e. The van der Waals surface area contributed by atoms with Crippen molar-refractivity contribution in [2.24, 2.45) is 0 Å². The van der Waals surface area contributed by atoms with Gasteiger partial charge in [-0.3, -0.25) is 4.79 Å². The maximum absolute atomic E-state index is 12.6. The summed E-state index contributed by atoms with van der Waals surface area (Å²) in [7, 11) is -4.19. The van der Waals surface area contributed by atoms with E-state index in [0.29, 0.717) is 6.26 Å². The van der Waals surface area contributed by atoms with Gasteiger partial charge in [0.25, 0.3) is 0 Å².